The number of rotatable bonds is 4. The zero-order valence-electron chi connectivity index (χ0n) is 13.6. The van der Waals surface area contributed by atoms with Crippen molar-refractivity contribution in [2.45, 2.75) is 25.7 Å². The predicted molar refractivity (Wildman–Crippen MR) is 95.4 cm³/mol. The topological polar surface area (TPSA) is 84.7 Å². The smallest absolute Gasteiger partial charge is 0.232 e. The number of carbonyl (C=O) groups excluding carboxylic acids is 2. The molecule has 2 heterocycles. The highest BCUT2D eigenvalue weighted by Crippen LogP contribution is 2.31. The highest BCUT2D eigenvalue weighted by molar-refractivity contribution is 5.98. The molecule has 24 heavy (non-hydrogen) atoms. The molecule has 2 fully saturated rings. The van der Waals surface area contributed by atoms with Gasteiger partial charge in [-0.15, -0.1) is 12.4 Å². The molecule has 3 N–H and O–H groups in total. The number of nitrogens with one attached hydrogen (secondary N) is 1. The van der Waals surface area contributed by atoms with Crippen LogP contribution < -0.4 is 16.0 Å². The van der Waals surface area contributed by atoms with Gasteiger partial charge in [-0.1, -0.05) is 6.07 Å². The van der Waals surface area contributed by atoms with Crippen LogP contribution in [0, 0.1) is 5.41 Å². The van der Waals surface area contributed by atoms with Gasteiger partial charge in [0.05, 0.1) is 5.41 Å². The molecule has 7 heteroatoms. The Morgan fingerprint density at radius 1 is 1.33 bits per heavy atom. The van der Waals surface area contributed by atoms with Crippen LogP contribution in [0.25, 0.3) is 0 Å². The van der Waals surface area contributed by atoms with Crippen molar-refractivity contribution in [3.63, 3.8) is 0 Å². The average Bonchev–Trinajstić information content (AvgIpc) is 3.01. The fraction of sp³-hybridized carbons (Fsp3) is 0.529. The SMILES string of the molecule is Cl.NCC1(C(=O)Nc2cccc(N3CCCC3=O)c2)CCOCC1. The number of ether oxygens (including phenoxy) is 1. The molecule has 2 aliphatic rings. The van der Waals surface area contributed by atoms with Gasteiger partial charge in [0.15, 0.2) is 0 Å². The molecule has 1 aromatic carbocycles. The summed E-state index contributed by atoms with van der Waals surface area (Å²) in [4.78, 5) is 26.3. The van der Waals surface area contributed by atoms with Crippen LogP contribution in [0.15, 0.2) is 24.3 Å². The van der Waals surface area contributed by atoms with Gasteiger partial charge in [-0.25, -0.2) is 0 Å². The minimum atomic E-state index is -0.558. The van der Waals surface area contributed by atoms with E-state index in [1.165, 1.54) is 0 Å². The molecule has 132 valence electrons. The lowest BCUT2D eigenvalue weighted by molar-refractivity contribution is -0.130. The van der Waals surface area contributed by atoms with E-state index in [0.717, 1.165) is 18.7 Å². The zero-order valence-corrected chi connectivity index (χ0v) is 14.4. The third-order valence-electron chi connectivity index (χ3n) is 4.81. The van der Waals surface area contributed by atoms with Crippen molar-refractivity contribution in [1.82, 2.24) is 0 Å². The Bertz CT molecular complexity index is 602. The fourth-order valence-electron chi connectivity index (χ4n) is 3.22. The van der Waals surface area contributed by atoms with Crippen molar-refractivity contribution in [3.8, 4) is 0 Å². The Kier molecular flexibility index (Phi) is 6.21. The van der Waals surface area contributed by atoms with Gasteiger partial charge in [0, 0.05) is 44.1 Å². The van der Waals surface area contributed by atoms with Crippen LogP contribution in [0.4, 0.5) is 11.4 Å². The first-order valence-corrected chi connectivity index (χ1v) is 8.14. The first-order chi connectivity index (χ1) is 11.1. The zero-order chi connectivity index (χ0) is 16.3. The standard InChI is InChI=1S/C17H23N3O3.ClH/c18-12-17(6-9-23-10-7-17)16(22)19-13-3-1-4-14(11-13)20-8-2-5-15(20)21;/h1,3-4,11H,2,5-10,12,18H2,(H,19,22);1H. The van der Waals surface area contributed by atoms with E-state index in [2.05, 4.69) is 5.32 Å². The Balaban J connectivity index is 0.00000208. The molecule has 0 aromatic heterocycles. The largest absolute Gasteiger partial charge is 0.381 e. The fourth-order valence-corrected chi connectivity index (χ4v) is 3.22. The van der Waals surface area contributed by atoms with Crippen LogP contribution in [0.5, 0.6) is 0 Å². The van der Waals surface area contributed by atoms with Crippen LogP contribution in [-0.4, -0.2) is 38.1 Å². The lowest BCUT2D eigenvalue weighted by Gasteiger charge is -2.34. The van der Waals surface area contributed by atoms with E-state index in [1.54, 1.807) is 4.90 Å². The molecule has 0 radical (unpaired) electrons. The normalized spacial score (nSPS) is 19.7. The van der Waals surface area contributed by atoms with E-state index in [4.69, 9.17) is 10.5 Å². The van der Waals surface area contributed by atoms with E-state index in [-0.39, 0.29) is 24.2 Å². The molecule has 0 aliphatic carbocycles. The van der Waals surface area contributed by atoms with Crippen LogP contribution in [0.2, 0.25) is 0 Å². The number of benzene rings is 1. The van der Waals surface area contributed by atoms with Crippen molar-refractivity contribution >= 4 is 35.6 Å². The minimum absolute atomic E-state index is 0. The van der Waals surface area contributed by atoms with Crippen LogP contribution in [0.3, 0.4) is 0 Å². The Morgan fingerprint density at radius 3 is 2.71 bits per heavy atom. The molecule has 2 amide bonds. The molecule has 0 atom stereocenters. The number of amides is 2. The van der Waals surface area contributed by atoms with Gasteiger partial charge >= 0.3 is 0 Å². The van der Waals surface area contributed by atoms with Crippen molar-refractivity contribution < 1.29 is 14.3 Å². The molecule has 0 saturated carbocycles. The van der Waals surface area contributed by atoms with Gasteiger partial charge in [-0.3, -0.25) is 9.59 Å². The first-order valence-electron chi connectivity index (χ1n) is 8.14. The number of nitrogens with zero attached hydrogens (tertiary/aromatic N) is 1. The van der Waals surface area contributed by atoms with E-state index < -0.39 is 5.41 Å². The minimum Gasteiger partial charge on any atom is -0.381 e. The highest BCUT2D eigenvalue weighted by atomic mass is 35.5. The quantitative estimate of drug-likeness (QED) is 0.866. The lowest BCUT2D eigenvalue weighted by Crippen LogP contribution is -2.46. The molecule has 2 aliphatic heterocycles. The maximum absolute atomic E-state index is 12.7. The molecule has 3 rings (SSSR count). The molecule has 2 saturated heterocycles. The van der Waals surface area contributed by atoms with E-state index in [0.29, 0.717) is 44.7 Å². The second-order valence-electron chi connectivity index (χ2n) is 6.25. The van der Waals surface area contributed by atoms with Crippen LogP contribution in [0.1, 0.15) is 25.7 Å². The summed E-state index contributed by atoms with van der Waals surface area (Å²) in [7, 11) is 0. The molecule has 1 aromatic rings. The Labute approximate surface area is 148 Å². The molecular formula is C17H24ClN3O3. The van der Waals surface area contributed by atoms with Gasteiger partial charge in [-0.2, -0.15) is 0 Å². The van der Waals surface area contributed by atoms with Crippen LogP contribution >= 0.6 is 12.4 Å². The van der Waals surface area contributed by atoms with Crippen molar-refractivity contribution in [2.24, 2.45) is 11.1 Å². The number of anilines is 2. The maximum Gasteiger partial charge on any atom is 0.232 e. The predicted octanol–water partition coefficient (Wildman–Crippen LogP) is 1.93. The molecule has 0 unspecified atom stereocenters. The van der Waals surface area contributed by atoms with Gasteiger partial charge < -0.3 is 20.7 Å². The summed E-state index contributed by atoms with van der Waals surface area (Å²) in [5, 5.41) is 2.97. The van der Waals surface area contributed by atoms with Crippen LogP contribution in [-0.2, 0) is 14.3 Å². The average molecular weight is 354 g/mol. The van der Waals surface area contributed by atoms with E-state index in [1.807, 2.05) is 24.3 Å². The van der Waals surface area contributed by atoms with Gasteiger partial charge in [-0.05, 0) is 37.5 Å². The van der Waals surface area contributed by atoms with Gasteiger partial charge in [0.25, 0.3) is 0 Å². The third-order valence-corrected chi connectivity index (χ3v) is 4.81. The lowest BCUT2D eigenvalue weighted by atomic mass is 9.79. The van der Waals surface area contributed by atoms with Crippen molar-refractivity contribution in [1.29, 1.82) is 0 Å². The summed E-state index contributed by atoms with van der Waals surface area (Å²) >= 11 is 0. The van der Waals surface area contributed by atoms with E-state index >= 15 is 0 Å². The summed E-state index contributed by atoms with van der Waals surface area (Å²) < 4.78 is 5.35. The monoisotopic (exact) mass is 353 g/mol. The number of hydrogen-bond acceptors (Lipinski definition) is 4. The van der Waals surface area contributed by atoms with Gasteiger partial charge in [0.1, 0.15) is 0 Å². The summed E-state index contributed by atoms with van der Waals surface area (Å²) in [5.74, 6) is 0.0736. The summed E-state index contributed by atoms with van der Waals surface area (Å²) in [6.07, 6.45) is 2.75. The first kappa shape index (κ1) is 18.7. The number of hydrogen-bond donors (Lipinski definition) is 2. The third kappa shape index (κ3) is 3.71. The summed E-state index contributed by atoms with van der Waals surface area (Å²) in [6.45, 7) is 2.17. The molecule has 6 nitrogen and oxygen atoms in total. The molecule has 0 bridgehead atoms. The number of carbonyl (C=O) groups is 2. The number of halogens is 1. The van der Waals surface area contributed by atoms with Gasteiger partial charge in [0.2, 0.25) is 11.8 Å². The van der Waals surface area contributed by atoms with Crippen molar-refractivity contribution in [3.05, 3.63) is 24.3 Å². The second kappa shape index (κ2) is 7.96. The Hall–Kier alpha value is -1.63. The molecular weight excluding hydrogens is 330 g/mol. The summed E-state index contributed by atoms with van der Waals surface area (Å²) in [6, 6.07) is 7.44. The maximum atomic E-state index is 12.7. The number of nitrogens with two attached hydrogens (primary N) is 1. The Morgan fingerprint density at radius 2 is 2.08 bits per heavy atom. The second-order valence-corrected chi connectivity index (χ2v) is 6.25. The highest BCUT2D eigenvalue weighted by Gasteiger charge is 2.38. The summed E-state index contributed by atoms with van der Waals surface area (Å²) in [5.41, 5.74) is 6.85. The van der Waals surface area contributed by atoms with Crippen molar-refractivity contribution in [2.75, 3.05) is 36.5 Å². The van der Waals surface area contributed by atoms with E-state index in [9.17, 15) is 9.59 Å². The molecule has 0 spiro atoms.